The van der Waals surface area contributed by atoms with E-state index < -0.39 is 0 Å². The topological polar surface area (TPSA) is 37.6 Å². The maximum Gasteiger partial charge on any atom is 0.233 e. The fraction of sp³-hybridized carbons (Fsp3) is 0.500. The van der Waals surface area contributed by atoms with E-state index in [1.807, 2.05) is 39.9 Å². The molecule has 5 heteroatoms. The molecular weight excluding hydrogens is 282 g/mol. The highest BCUT2D eigenvalue weighted by molar-refractivity contribution is 7.99. The van der Waals surface area contributed by atoms with Gasteiger partial charge < -0.3 is 4.90 Å². The van der Waals surface area contributed by atoms with Crippen molar-refractivity contribution >= 4 is 23.2 Å². The molecule has 0 unspecified atom stereocenters. The summed E-state index contributed by atoms with van der Waals surface area (Å²) in [5.41, 5.74) is 1.06. The highest BCUT2D eigenvalue weighted by Gasteiger charge is 2.25. The van der Waals surface area contributed by atoms with Gasteiger partial charge >= 0.3 is 0 Å². The first-order valence-corrected chi connectivity index (χ1v) is 8.44. The van der Waals surface area contributed by atoms with Crippen LogP contribution in [-0.2, 0) is 4.79 Å². The third kappa shape index (κ3) is 3.23. The number of piperidine rings is 1. The maximum atomic E-state index is 12.4. The molecular formula is C16H21N3OS. The fourth-order valence-corrected chi connectivity index (χ4v) is 3.98. The molecule has 0 aliphatic carbocycles. The van der Waals surface area contributed by atoms with Crippen molar-refractivity contribution in [1.82, 2.24) is 14.3 Å². The molecule has 3 heterocycles. The number of likely N-dealkylation sites (tertiary alicyclic amines) is 1. The van der Waals surface area contributed by atoms with Gasteiger partial charge in [-0.3, -0.25) is 9.20 Å². The van der Waals surface area contributed by atoms with Gasteiger partial charge in [0.05, 0.1) is 17.5 Å². The van der Waals surface area contributed by atoms with Crippen LogP contribution < -0.4 is 0 Å². The van der Waals surface area contributed by atoms with Crippen LogP contribution in [0.25, 0.3) is 5.52 Å². The molecule has 0 N–H and O–H groups in total. The Morgan fingerprint density at radius 1 is 1.33 bits per heavy atom. The Balaban J connectivity index is 1.63. The number of carbonyl (C=O) groups is 1. The lowest BCUT2D eigenvalue weighted by atomic mass is 9.92. The van der Waals surface area contributed by atoms with Crippen LogP contribution in [0.1, 0.15) is 20.3 Å². The summed E-state index contributed by atoms with van der Waals surface area (Å²) in [5, 5.41) is 0.886. The van der Waals surface area contributed by atoms with Gasteiger partial charge in [-0.05, 0) is 30.4 Å². The number of thioether (sulfide) groups is 1. The van der Waals surface area contributed by atoms with Gasteiger partial charge in [-0.2, -0.15) is 0 Å². The second-order valence-electron chi connectivity index (χ2n) is 6.07. The highest BCUT2D eigenvalue weighted by atomic mass is 32.2. The number of hydrogen-bond acceptors (Lipinski definition) is 3. The van der Waals surface area contributed by atoms with Gasteiger partial charge in [0.2, 0.25) is 5.91 Å². The molecule has 2 aromatic heterocycles. The molecule has 21 heavy (non-hydrogen) atoms. The molecule has 0 saturated carbocycles. The van der Waals surface area contributed by atoms with Crippen molar-refractivity contribution in [3.63, 3.8) is 0 Å². The molecule has 1 amide bonds. The van der Waals surface area contributed by atoms with E-state index in [9.17, 15) is 4.79 Å². The quantitative estimate of drug-likeness (QED) is 0.818. The Labute approximate surface area is 129 Å². The monoisotopic (exact) mass is 303 g/mol. The fourth-order valence-electron chi connectivity index (χ4n) is 3.11. The van der Waals surface area contributed by atoms with Crippen molar-refractivity contribution in [3.8, 4) is 0 Å². The highest BCUT2D eigenvalue weighted by Crippen LogP contribution is 2.23. The molecule has 0 bridgehead atoms. The Morgan fingerprint density at radius 2 is 2.10 bits per heavy atom. The van der Waals surface area contributed by atoms with Gasteiger partial charge in [-0.25, -0.2) is 4.98 Å². The Bertz CT molecular complexity index is 629. The van der Waals surface area contributed by atoms with Crippen molar-refractivity contribution < 1.29 is 4.79 Å². The zero-order valence-corrected chi connectivity index (χ0v) is 13.3. The summed E-state index contributed by atoms with van der Waals surface area (Å²) in [4.78, 5) is 18.8. The summed E-state index contributed by atoms with van der Waals surface area (Å²) in [7, 11) is 0. The summed E-state index contributed by atoms with van der Waals surface area (Å²) in [6.07, 6.45) is 5.06. The van der Waals surface area contributed by atoms with Crippen LogP contribution in [0.15, 0.2) is 35.7 Å². The first kappa shape index (κ1) is 14.4. The third-order valence-corrected chi connectivity index (χ3v) is 4.90. The first-order chi connectivity index (χ1) is 10.1. The van der Waals surface area contributed by atoms with Crippen LogP contribution >= 0.6 is 11.8 Å². The lowest BCUT2D eigenvalue weighted by Crippen LogP contribution is -2.43. The summed E-state index contributed by atoms with van der Waals surface area (Å²) in [5.74, 6) is 1.91. The van der Waals surface area contributed by atoms with Crippen molar-refractivity contribution in [3.05, 3.63) is 30.6 Å². The molecule has 4 nitrogen and oxygen atoms in total. The lowest BCUT2D eigenvalue weighted by Gasteiger charge is -2.34. The van der Waals surface area contributed by atoms with Gasteiger partial charge in [-0.15, -0.1) is 0 Å². The second kappa shape index (κ2) is 6.10. The van der Waals surface area contributed by atoms with Crippen molar-refractivity contribution in [2.75, 3.05) is 18.8 Å². The van der Waals surface area contributed by atoms with Crippen molar-refractivity contribution in [1.29, 1.82) is 0 Å². The number of carbonyl (C=O) groups excluding carboxylic acids is 1. The van der Waals surface area contributed by atoms with Crippen LogP contribution in [0.3, 0.4) is 0 Å². The molecule has 112 valence electrons. The Morgan fingerprint density at radius 3 is 2.86 bits per heavy atom. The minimum Gasteiger partial charge on any atom is -0.341 e. The molecule has 0 spiro atoms. The zero-order valence-electron chi connectivity index (χ0n) is 12.5. The van der Waals surface area contributed by atoms with Crippen LogP contribution in [0.4, 0.5) is 0 Å². The van der Waals surface area contributed by atoms with Crippen molar-refractivity contribution in [2.24, 2.45) is 11.8 Å². The lowest BCUT2D eigenvalue weighted by molar-refractivity contribution is -0.130. The van der Waals surface area contributed by atoms with E-state index in [0.29, 0.717) is 17.6 Å². The van der Waals surface area contributed by atoms with Crippen LogP contribution in [0, 0.1) is 11.8 Å². The molecule has 0 radical (unpaired) electrons. The van der Waals surface area contributed by atoms with Crippen LogP contribution in [0.5, 0.6) is 0 Å². The number of fused-ring (bicyclic) bond motifs is 1. The molecule has 1 aliphatic heterocycles. The number of rotatable bonds is 3. The van der Waals surface area contributed by atoms with E-state index >= 15 is 0 Å². The van der Waals surface area contributed by atoms with Crippen LogP contribution in [-0.4, -0.2) is 39.0 Å². The minimum absolute atomic E-state index is 0.228. The van der Waals surface area contributed by atoms with Gasteiger partial charge in [0.1, 0.15) is 0 Å². The number of pyridine rings is 1. The normalized spacial score (nSPS) is 22.7. The third-order valence-electron chi connectivity index (χ3n) is 3.95. The van der Waals surface area contributed by atoms with E-state index in [-0.39, 0.29) is 5.91 Å². The number of nitrogens with zero attached hydrogens (tertiary/aromatic N) is 3. The number of hydrogen-bond donors (Lipinski definition) is 0. The Hall–Kier alpha value is -1.49. The van der Waals surface area contributed by atoms with Gasteiger partial charge in [0, 0.05) is 19.3 Å². The van der Waals surface area contributed by atoms with E-state index in [2.05, 4.69) is 18.8 Å². The minimum atomic E-state index is 0.228. The average molecular weight is 303 g/mol. The number of imidazole rings is 1. The molecule has 1 saturated heterocycles. The Kier molecular flexibility index (Phi) is 4.19. The molecule has 1 aliphatic rings. The summed E-state index contributed by atoms with van der Waals surface area (Å²) < 4.78 is 2.03. The average Bonchev–Trinajstić information content (AvgIpc) is 2.87. The molecule has 2 aromatic rings. The number of aromatic nitrogens is 2. The van der Waals surface area contributed by atoms with Crippen molar-refractivity contribution in [2.45, 2.75) is 25.4 Å². The predicted octanol–water partition coefficient (Wildman–Crippen LogP) is 2.93. The summed E-state index contributed by atoms with van der Waals surface area (Å²) in [6.45, 7) is 6.24. The standard InChI is InChI=1S/C16H21N3OS/c1-12-7-13(2)10-18(9-12)15(20)11-21-16-17-8-14-5-3-4-6-19(14)16/h3-6,8,12-13H,7,9-11H2,1-2H3/t12-,13-/m1/s1. The van der Waals surface area contributed by atoms with E-state index in [1.165, 1.54) is 18.2 Å². The largest absolute Gasteiger partial charge is 0.341 e. The second-order valence-corrected chi connectivity index (χ2v) is 7.01. The van der Waals surface area contributed by atoms with Gasteiger partial charge in [0.15, 0.2) is 5.16 Å². The smallest absolute Gasteiger partial charge is 0.233 e. The van der Waals surface area contributed by atoms with Gasteiger partial charge in [0.25, 0.3) is 0 Å². The first-order valence-electron chi connectivity index (χ1n) is 7.46. The summed E-state index contributed by atoms with van der Waals surface area (Å²) >= 11 is 1.52. The molecule has 3 rings (SSSR count). The van der Waals surface area contributed by atoms with E-state index in [4.69, 9.17) is 0 Å². The summed E-state index contributed by atoms with van der Waals surface area (Å²) in [6, 6.07) is 5.99. The van der Waals surface area contributed by atoms with Crippen LogP contribution in [0.2, 0.25) is 0 Å². The van der Waals surface area contributed by atoms with Gasteiger partial charge in [-0.1, -0.05) is 31.7 Å². The maximum absolute atomic E-state index is 12.4. The van der Waals surface area contributed by atoms with E-state index in [1.54, 1.807) is 0 Å². The SMILES string of the molecule is C[C@@H]1C[C@@H](C)CN(C(=O)CSc2ncc3ccccn23)C1. The molecule has 1 fully saturated rings. The predicted molar refractivity (Wildman–Crippen MR) is 85.4 cm³/mol. The molecule has 2 atom stereocenters. The molecule has 0 aromatic carbocycles. The van der Waals surface area contributed by atoms with E-state index in [0.717, 1.165) is 23.8 Å². The number of amides is 1. The zero-order chi connectivity index (χ0) is 14.8.